The third kappa shape index (κ3) is 5.21. The largest absolute Gasteiger partial charge is 0.495 e. The number of piperidine rings is 1. The zero-order valence-corrected chi connectivity index (χ0v) is 22.8. The first-order valence-electron chi connectivity index (χ1n) is 13.2. The molecule has 0 radical (unpaired) electrons. The number of carbonyl (C=O) groups excluding carboxylic acids is 1. The lowest BCUT2D eigenvalue weighted by molar-refractivity contribution is -0.127. The van der Waals surface area contributed by atoms with E-state index in [2.05, 4.69) is 31.9 Å². The van der Waals surface area contributed by atoms with E-state index < -0.39 is 0 Å². The van der Waals surface area contributed by atoms with Crippen molar-refractivity contribution in [1.82, 2.24) is 29.5 Å². The number of likely N-dealkylation sites (tertiary alicyclic amines) is 1. The van der Waals surface area contributed by atoms with Crippen molar-refractivity contribution in [3.05, 3.63) is 74.0 Å². The fourth-order valence-corrected chi connectivity index (χ4v) is 5.03. The molecule has 0 unspecified atom stereocenters. The van der Waals surface area contributed by atoms with Gasteiger partial charge in [0, 0.05) is 43.6 Å². The normalized spacial score (nSPS) is 13.8. The molecule has 11 heteroatoms. The van der Waals surface area contributed by atoms with E-state index in [1.54, 1.807) is 23.6 Å². The summed E-state index contributed by atoms with van der Waals surface area (Å²) in [5, 5.41) is 8.38. The van der Waals surface area contributed by atoms with Crippen LogP contribution in [-0.2, 0) is 4.79 Å². The molecule has 1 saturated heterocycles. The van der Waals surface area contributed by atoms with Gasteiger partial charge in [-0.2, -0.15) is 5.10 Å². The molecule has 1 amide bonds. The maximum Gasteiger partial charge on any atom is 0.245 e. The van der Waals surface area contributed by atoms with Gasteiger partial charge in [0.1, 0.15) is 30.3 Å². The van der Waals surface area contributed by atoms with Crippen molar-refractivity contribution in [2.45, 2.75) is 18.9 Å². The number of pyridine rings is 1. The molecule has 0 saturated carbocycles. The summed E-state index contributed by atoms with van der Waals surface area (Å²) in [5.74, 6) is 2.37. The standard InChI is InChI=1S/C30H29N7O4/c1-4-29(38)36-10-8-21(9-11-36)41-27-15-22-23(16-26(27)40-3)31-17-33-30(22)35-24-13-19(5-6-25(24)39-2)20-7-12-37-28(14-20)32-18-34-37/h4-7,12-18,21H,1,8-11H2,2-3H3,(H,31,33,35). The van der Waals surface area contributed by atoms with Crippen molar-refractivity contribution >= 4 is 34.0 Å². The monoisotopic (exact) mass is 551 g/mol. The van der Waals surface area contributed by atoms with Crippen LogP contribution in [0.15, 0.2) is 74.0 Å². The number of anilines is 2. The number of ether oxygens (including phenoxy) is 3. The van der Waals surface area contributed by atoms with E-state index in [-0.39, 0.29) is 12.0 Å². The summed E-state index contributed by atoms with van der Waals surface area (Å²) in [6.07, 6.45) is 7.62. The van der Waals surface area contributed by atoms with Gasteiger partial charge in [-0.15, -0.1) is 0 Å². The molecule has 1 aliphatic heterocycles. The number of nitrogens with zero attached hydrogens (tertiary/aromatic N) is 6. The van der Waals surface area contributed by atoms with Gasteiger partial charge in [0.05, 0.1) is 25.4 Å². The number of rotatable bonds is 8. The van der Waals surface area contributed by atoms with Crippen LogP contribution in [0.1, 0.15) is 12.8 Å². The predicted molar refractivity (Wildman–Crippen MR) is 155 cm³/mol. The Labute approximate surface area is 236 Å². The van der Waals surface area contributed by atoms with E-state index in [0.717, 1.165) is 27.8 Å². The van der Waals surface area contributed by atoms with Crippen LogP contribution < -0.4 is 19.5 Å². The molecule has 5 aromatic rings. The number of aromatic nitrogens is 5. The molecule has 0 aliphatic carbocycles. The first-order chi connectivity index (χ1) is 20.1. The molecule has 11 nitrogen and oxygen atoms in total. The maximum absolute atomic E-state index is 12.0. The molecule has 4 heterocycles. The number of methoxy groups -OCH3 is 2. The fourth-order valence-electron chi connectivity index (χ4n) is 5.03. The summed E-state index contributed by atoms with van der Waals surface area (Å²) >= 11 is 0. The summed E-state index contributed by atoms with van der Waals surface area (Å²) in [5.41, 5.74) is 4.16. The van der Waals surface area contributed by atoms with E-state index in [1.165, 1.54) is 18.7 Å². The van der Waals surface area contributed by atoms with Gasteiger partial charge in [-0.1, -0.05) is 12.6 Å². The van der Waals surface area contributed by atoms with E-state index in [9.17, 15) is 4.79 Å². The summed E-state index contributed by atoms with van der Waals surface area (Å²) in [6.45, 7) is 4.81. The molecule has 0 spiro atoms. The highest BCUT2D eigenvalue weighted by atomic mass is 16.5. The van der Waals surface area contributed by atoms with Crippen LogP contribution >= 0.6 is 0 Å². The van der Waals surface area contributed by atoms with Crippen LogP contribution in [0.5, 0.6) is 17.2 Å². The molecule has 6 rings (SSSR count). The molecule has 1 fully saturated rings. The number of nitrogens with one attached hydrogen (secondary N) is 1. The van der Waals surface area contributed by atoms with Crippen LogP contribution in [0.2, 0.25) is 0 Å². The van der Waals surface area contributed by atoms with Crippen LogP contribution in [0.3, 0.4) is 0 Å². The van der Waals surface area contributed by atoms with E-state index >= 15 is 0 Å². The SMILES string of the molecule is C=CC(=O)N1CCC(Oc2cc3c(Nc4cc(-c5ccn6ncnc6c5)ccc4OC)ncnc3cc2OC)CC1. The van der Waals surface area contributed by atoms with Crippen molar-refractivity contribution in [1.29, 1.82) is 0 Å². The number of hydrogen-bond donors (Lipinski definition) is 1. The van der Waals surface area contributed by atoms with Gasteiger partial charge >= 0.3 is 0 Å². The molecular formula is C30H29N7O4. The van der Waals surface area contributed by atoms with Crippen molar-refractivity contribution in [3.8, 4) is 28.4 Å². The minimum atomic E-state index is -0.0596. The molecule has 0 bridgehead atoms. The maximum atomic E-state index is 12.0. The van der Waals surface area contributed by atoms with Crippen molar-refractivity contribution in [3.63, 3.8) is 0 Å². The van der Waals surface area contributed by atoms with Crippen LogP contribution in [-0.4, -0.2) is 68.8 Å². The van der Waals surface area contributed by atoms with E-state index in [1.807, 2.05) is 48.7 Å². The zero-order chi connectivity index (χ0) is 28.3. The smallest absolute Gasteiger partial charge is 0.245 e. The topological polar surface area (TPSA) is 116 Å². The van der Waals surface area contributed by atoms with Crippen LogP contribution in [0.25, 0.3) is 27.7 Å². The lowest BCUT2D eigenvalue weighted by Crippen LogP contribution is -2.41. The van der Waals surface area contributed by atoms with Gasteiger partial charge in [-0.25, -0.2) is 19.5 Å². The van der Waals surface area contributed by atoms with E-state index in [4.69, 9.17) is 14.2 Å². The second-order valence-electron chi connectivity index (χ2n) is 9.61. The summed E-state index contributed by atoms with van der Waals surface area (Å²) in [4.78, 5) is 27.1. The minimum Gasteiger partial charge on any atom is -0.495 e. The summed E-state index contributed by atoms with van der Waals surface area (Å²) in [7, 11) is 3.23. The van der Waals surface area contributed by atoms with Crippen molar-refractivity contribution in [2.24, 2.45) is 0 Å². The highest BCUT2D eigenvalue weighted by molar-refractivity contribution is 5.94. The van der Waals surface area contributed by atoms with Gasteiger partial charge in [0.15, 0.2) is 17.1 Å². The Hall–Kier alpha value is -5.19. The number of hydrogen-bond acceptors (Lipinski definition) is 9. The molecule has 0 atom stereocenters. The van der Waals surface area contributed by atoms with Gasteiger partial charge < -0.3 is 24.4 Å². The third-order valence-electron chi connectivity index (χ3n) is 7.21. The highest BCUT2D eigenvalue weighted by Crippen LogP contribution is 2.38. The Bertz CT molecular complexity index is 1740. The predicted octanol–water partition coefficient (Wildman–Crippen LogP) is 4.66. The minimum absolute atomic E-state index is 0.0572. The Morgan fingerprint density at radius 3 is 2.54 bits per heavy atom. The fraction of sp³-hybridized carbons (Fsp3) is 0.233. The lowest BCUT2D eigenvalue weighted by atomic mass is 10.1. The summed E-state index contributed by atoms with van der Waals surface area (Å²) in [6, 6.07) is 13.6. The van der Waals surface area contributed by atoms with Crippen molar-refractivity contribution in [2.75, 3.05) is 32.6 Å². The average molecular weight is 552 g/mol. The zero-order valence-electron chi connectivity index (χ0n) is 22.8. The third-order valence-corrected chi connectivity index (χ3v) is 7.21. The quantitative estimate of drug-likeness (QED) is 0.275. The van der Waals surface area contributed by atoms with Crippen LogP contribution in [0, 0.1) is 0 Å². The van der Waals surface area contributed by atoms with Gasteiger partial charge in [0.25, 0.3) is 0 Å². The Balaban J connectivity index is 1.31. The molecule has 1 N–H and O–H groups in total. The van der Waals surface area contributed by atoms with Gasteiger partial charge in [-0.05, 0) is 47.5 Å². The van der Waals surface area contributed by atoms with Crippen molar-refractivity contribution < 1.29 is 19.0 Å². The Kier molecular flexibility index (Phi) is 7.07. The van der Waals surface area contributed by atoms with E-state index in [0.29, 0.717) is 54.5 Å². The molecular weight excluding hydrogens is 522 g/mol. The molecule has 1 aliphatic rings. The Morgan fingerprint density at radius 1 is 0.951 bits per heavy atom. The molecule has 41 heavy (non-hydrogen) atoms. The molecule has 3 aromatic heterocycles. The molecule has 2 aromatic carbocycles. The second kappa shape index (κ2) is 11.1. The first-order valence-corrected chi connectivity index (χ1v) is 13.2. The Morgan fingerprint density at radius 2 is 1.76 bits per heavy atom. The van der Waals surface area contributed by atoms with Crippen LogP contribution in [0.4, 0.5) is 11.5 Å². The lowest BCUT2D eigenvalue weighted by Gasteiger charge is -2.31. The number of carbonyl (C=O) groups is 1. The highest BCUT2D eigenvalue weighted by Gasteiger charge is 2.24. The number of fused-ring (bicyclic) bond motifs is 2. The van der Waals surface area contributed by atoms with Gasteiger partial charge in [0.2, 0.25) is 5.91 Å². The first kappa shape index (κ1) is 26.1. The number of amides is 1. The average Bonchev–Trinajstić information content (AvgIpc) is 3.49. The summed E-state index contributed by atoms with van der Waals surface area (Å²) < 4.78 is 19.4. The van der Waals surface area contributed by atoms with Gasteiger partial charge in [-0.3, -0.25) is 4.79 Å². The molecule has 208 valence electrons. The second-order valence-corrected chi connectivity index (χ2v) is 9.61. The number of benzene rings is 2.